The van der Waals surface area contributed by atoms with Gasteiger partial charge in [0.25, 0.3) is 0 Å². The first-order valence-corrected chi connectivity index (χ1v) is 9.12. The van der Waals surface area contributed by atoms with Crippen molar-refractivity contribution in [3.8, 4) is 0 Å². The Labute approximate surface area is 143 Å². The molecule has 3 rings (SSSR count). The van der Waals surface area contributed by atoms with Crippen LogP contribution in [0, 0.1) is 0 Å². The van der Waals surface area contributed by atoms with Gasteiger partial charge in [-0.1, -0.05) is 12.8 Å². The molecule has 2 fully saturated rings. The van der Waals surface area contributed by atoms with Crippen LogP contribution in [0.5, 0.6) is 0 Å². The molecule has 1 aromatic rings. The van der Waals surface area contributed by atoms with Crippen molar-refractivity contribution in [2.24, 2.45) is 0 Å². The SMILES string of the molecule is Nc1cnc(NC2CCC(O)CC2)nc1N[C@@H]1CCCC[C@H](O)C1. The molecule has 0 aliphatic heterocycles. The fraction of sp³-hybridized carbons (Fsp3) is 0.765. The zero-order chi connectivity index (χ0) is 16.9. The summed E-state index contributed by atoms with van der Waals surface area (Å²) in [6.07, 6.45) is 9.48. The van der Waals surface area contributed by atoms with Crippen LogP contribution in [-0.4, -0.2) is 44.5 Å². The molecule has 2 saturated carbocycles. The highest BCUT2D eigenvalue weighted by atomic mass is 16.3. The first kappa shape index (κ1) is 17.2. The van der Waals surface area contributed by atoms with Crippen molar-refractivity contribution in [3.63, 3.8) is 0 Å². The van der Waals surface area contributed by atoms with E-state index in [0.717, 1.165) is 57.8 Å². The molecule has 0 aromatic carbocycles. The highest BCUT2D eigenvalue weighted by Gasteiger charge is 2.22. The molecule has 0 bridgehead atoms. The minimum Gasteiger partial charge on any atom is -0.394 e. The van der Waals surface area contributed by atoms with Crippen molar-refractivity contribution in [2.75, 3.05) is 16.4 Å². The van der Waals surface area contributed by atoms with Crippen molar-refractivity contribution < 1.29 is 10.2 Å². The van der Waals surface area contributed by atoms with Gasteiger partial charge in [0.1, 0.15) is 0 Å². The lowest BCUT2D eigenvalue weighted by Crippen LogP contribution is -2.29. The first-order chi connectivity index (χ1) is 11.6. The van der Waals surface area contributed by atoms with Crippen molar-refractivity contribution in [1.29, 1.82) is 0 Å². The Bertz CT molecular complexity index is 534. The normalized spacial score (nSPS) is 31.2. The highest BCUT2D eigenvalue weighted by molar-refractivity contribution is 5.62. The maximum absolute atomic E-state index is 9.96. The van der Waals surface area contributed by atoms with E-state index in [1.54, 1.807) is 6.20 Å². The third-order valence-corrected chi connectivity index (χ3v) is 5.08. The van der Waals surface area contributed by atoms with E-state index >= 15 is 0 Å². The van der Waals surface area contributed by atoms with E-state index in [1.807, 2.05) is 0 Å². The van der Waals surface area contributed by atoms with Gasteiger partial charge in [-0.25, -0.2) is 4.98 Å². The van der Waals surface area contributed by atoms with Gasteiger partial charge in [-0.3, -0.25) is 0 Å². The number of nitrogen functional groups attached to an aromatic ring is 1. The van der Waals surface area contributed by atoms with Gasteiger partial charge >= 0.3 is 0 Å². The average Bonchev–Trinajstić information content (AvgIpc) is 2.77. The number of nitrogens with two attached hydrogens (primary N) is 1. The molecular weight excluding hydrogens is 306 g/mol. The second-order valence-electron chi connectivity index (χ2n) is 7.16. The summed E-state index contributed by atoms with van der Waals surface area (Å²) in [7, 11) is 0. The van der Waals surface area contributed by atoms with Gasteiger partial charge in [0.2, 0.25) is 5.95 Å². The van der Waals surface area contributed by atoms with Crippen LogP contribution in [0.1, 0.15) is 57.8 Å². The second kappa shape index (κ2) is 7.98. The van der Waals surface area contributed by atoms with Gasteiger partial charge < -0.3 is 26.6 Å². The molecule has 134 valence electrons. The Kier molecular flexibility index (Phi) is 5.73. The van der Waals surface area contributed by atoms with Gasteiger partial charge in [0.05, 0.1) is 24.1 Å². The summed E-state index contributed by atoms with van der Waals surface area (Å²) >= 11 is 0. The van der Waals surface area contributed by atoms with Gasteiger partial charge in [0.15, 0.2) is 5.82 Å². The lowest BCUT2D eigenvalue weighted by atomic mass is 9.93. The van der Waals surface area contributed by atoms with Crippen LogP contribution in [0.25, 0.3) is 0 Å². The predicted molar refractivity (Wildman–Crippen MR) is 94.8 cm³/mol. The summed E-state index contributed by atoms with van der Waals surface area (Å²) in [4.78, 5) is 8.81. The monoisotopic (exact) mass is 335 g/mol. The van der Waals surface area contributed by atoms with E-state index < -0.39 is 0 Å². The number of anilines is 3. The standard InChI is InChI=1S/C17H29N5O2/c18-15-10-19-17(21-11-5-7-13(23)8-6-11)22-16(15)20-12-3-1-2-4-14(24)9-12/h10-14,23-24H,1-9,18H2,(H2,19,20,21,22)/t11?,12-,13?,14+/m1/s1. The molecule has 0 amide bonds. The number of nitrogens with one attached hydrogen (secondary N) is 2. The number of rotatable bonds is 4. The molecule has 2 aliphatic rings. The second-order valence-corrected chi connectivity index (χ2v) is 7.16. The summed E-state index contributed by atoms with van der Waals surface area (Å²) in [5.41, 5.74) is 6.55. The van der Waals surface area contributed by atoms with Crippen LogP contribution in [0.2, 0.25) is 0 Å². The summed E-state index contributed by atoms with van der Waals surface area (Å²) in [5, 5.41) is 26.3. The lowest BCUT2D eigenvalue weighted by Gasteiger charge is -2.26. The Morgan fingerprint density at radius 2 is 1.67 bits per heavy atom. The maximum atomic E-state index is 9.96. The molecule has 1 heterocycles. The molecule has 0 saturated heterocycles. The highest BCUT2D eigenvalue weighted by Crippen LogP contribution is 2.25. The zero-order valence-corrected chi connectivity index (χ0v) is 14.1. The van der Waals surface area contributed by atoms with E-state index in [4.69, 9.17) is 5.73 Å². The molecule has 7 heteroatoms. The summed E-state index contributed by atoms with van der Waals surface area (Å²) < 4.78 is 0. The topological polar surface area (TPSA) is 116 Å². The Morgan fingerprint density at radius 3 is 2.46 bits per heavy atom. The van der Waals surface area contributed by atoms with Crippen molar-refractivity contribution in [2.45, 2.75) is 82.1 Å². The van der Waals surface area contributed by atoms with Crippen molar-refractivity contribution in [1.82, 2.24) is 9.97 Å². The van der Waals surface area contributed by atoms with E-state index in [0.29, 0.717) is 23.5 Å². The average molecular weight is 335 g/mol. The third-order valence-electron chi connectivity index (χ3n) is 5.08. The third kappa shape index (κ3) is 4.70. The molecule has 2 aliphatic carbocycles. The van der Waals surface area contributed by atoms with Crippen LogP contribution >= 0.6 is 0 Å². The minimum atomic E-state index is -0.251. The number of nitrogens with zero attached hydrogens (tertiary/aromatic N) is 2. The largest absolute Gasteiger partial charge is 0.394 e. The van der Waals surface area contributed by atoms with E-state index in [1.165, 1.54) is 0 Å². The molecule has 0 unspecified atom stereocenters. The van der Waals surface area contributed by atoms with Crippen LogP contribution in [0.4, 0.5) is 17.5 Å². The first-order valence-electron chi connectivity index (χ1n) is 9.12. The van der Waals surface area contributed by atoms with E-state index in [9.17, 15) is 10.2 Å². The van der Waals surface area contributed by atoms with Gasteiger partial charge in [-0.05, 0) is 44.9 Å². The number of hydrogen-bond acceptors (Lipinski definition) is 7. The molecule has 6 N–H and O–H groups in total. The molecule has 7 nitrogen and oxygen atoms in total. The van der Waals surface area contributed by atoms with E-state index in [-0.39, 0.29) is 18.2 Å². The minimum absolute atomic E-state index is 0.172. The fourth-order valence-corrected chi connectivity index (χ4v) is 3.64. The zero-order valence-electron chi connectivity index (χ0n) is 14.1. The molecule has 0 radical (unpaired) electrons. The van der Waals surface area contributed by atoms with Crippen LogP contribution in [0.15, 0.2) is 6.20 Å². The van der Waals surface area contributed by atoms with Gasteiger partial charge in [-0.2, -0.15) is 4.98 Å². The summed E-state index contributed by atoms with van der Waals surface area (Å²) in [6.45, 7) is 0. The molecule has 0 spiro atoms. The molecular formula is C17H29N5O2. The fourth-order valence-electron chi connectivity index (χ4n) is 3.64. The molecule has 24 heavy (non-hydrogen) atoms. The van der Waals surface area contributed by atoms with Crippen LogP contribution in [0.3, 0.4) is 0 Å². The smallest absolute Gasteiger partial charge is 0.224 e. The quantitative estimate of drug-likeness (QED) is 0.533. The van der Waals surface area contributed by atoms with E-state index in [2.05, 4.69) is 20.6 Å². The molecule has 2 atom stereocenters. The Morgan fingerprint density at radius 1 is 0.917 bits per heavy atom. The van der Waals surface area contributed by atoms with Crippen LogP contribution < -0.4 is 16.4 Å². The Balaban J connectivity index is 1.62. The summed E-state index contributed by atoms with van der Waals surface area (Å²) in [5.74, 6) is 1.21. The summed E-state index contributed by atoms with van der Waals surface area (Å²) in [6, 6.07) is 0.488. The van der Waals surface area contributed by atoms with Crippen molar-refractivity contribution in [3.05, 3.63) is 6.20 Å². The van der Waals surface area contributed by atoms with Gasteiger partial charge in [-0.15, -0.1) is 0 Å². The van der Waals surface area contributed by atoms with Gasteiger partial charge in [0, 0.05) is 12.1 Å². The Hall–Kier alpha value is -1.60. The number of aromatic nitrogens is 2. The number of hydrogen-bond donors (Lipinski definition) is 5. The predicted octanol–water partition coefficient (Wildman–Crippen LogP) is 1.88. The number of aliphatic hydroxyl groups excluding tert-OH is 2. The maximum Gasteiger partial charge on any atom is 0.224 e. The van der Waals surface area contributed by atoms with Crippen molar-refractivity contribution >= 4 is 17.5 Å². The van der Waals surface area contributed by atoms with Crippen LogP contribution in [-0.2, 0) is 0 Å². The number of aliphatic hydroxyl groups is 2. The molecule has 1 aromatic heterocycles. The lowest BCUT2D eigenvalue weighted by molar-refractivity contribution is 0.126.